The van der Waals surface area contributed by atoms with Crippen molar-refractivity contribution in [3.8, 4) is 11.5 Å². The Kier molecular flexibility index (Phi) is 5.71. The van der Waals surface area contributed by atoms with Crippen LogP contribution in [0.1, 0.15) is 22.8 Å². The maximum Gasteiger partial charge on any atom is 0.375 e. The van der Waals surface area contributed by atoms with Crippen molar-refractivity contribution in [1.82, 2.24) is 4.98 Å². The summed E-state index contributed by atoms with van der Waals surface area (Å²) in [5.74, 6) is -2.86. The van der Waals surface area contributed by atoms with E-state index < -0.39 is 23.5 Å². The van der Waals surface area contributed by atoms with Crippen LogP contribution in [0.3, 0.4) is 0 Å². The second-order valence-electron chi connectivity index (χ2n) is 5.74. The van der Waals surface area contributed by atoms with Crippen molar-refractivity contribution in [1.29, 1.82) is 0 Å². The first-order chi connectivity index (χ1) is 13.0. The van der Waals surface area contributed by atoms with Crippen LogP contribution < -0.4 is 9.47 Å². The molecule has 1 aliphatic rings. The van der Waals surface area contributed by atoms with Gasteiger partial charge >= 0.3 is 5.97 Å². The summed E-state index contributed by atoms with van der Waals surface area (Å²) in [6.07, 6.45) is 2.77. The molecule has 0 N–H and O–H groups in total. The predicted octanol–water partition coefficient (Wildman–Crippen LogP) is 2.64. The summed E-state index contributed by atoms with van der Waals surface area (Å²) in [7, 11) is 0. The number of nitrogens with zero attached hydrogens (tertiary/aromatic N) is 1. The topological polar surface area (TPSA) is 91.8 Å². The highest BCUT2D eigenvalue weighted by molar-refractivity contribution is 6.39. The largest absolute Gasteiger partial charge is 0.460 e. The van der Waals surface area contributed by atoms with Crippen molar-refractivity contribution >= 4 is 29.1 Å². The number of esters is 1. The van der Waals surface area contributed by atoms with Gasteiger partial charge in [0.2, 0.25) is 6.79 Å². The molecule has 2 aromatic rings. The molecule has 27 heavy (non-hydrogen) atoms. The van der Waals surface area contributed by atoms with Gasteiger partial charge in [0.1, 0.15) is 0 Å². The van der Waals surface area contributed by atoms with Gasteiger partial charge in [-0.05, 0) is 37.1 Å². The SMILES string of the molecule is CCOC(=O)C(=O)C(Cc1cc2c(cc1Cl)OCO2)C(=O)c1cccnc1. The first-order valence-electron chi connectivity index (χ1n) is 8.24. The first-order valence-corrected chi connectivity index (χ1v) is 8.62. The third kappa shape index (κ3) is 4.09. The minimum atomic E-state index is -1.29. The Morgan fingerprint density at radius 1 is 1.26 bits per heavy atom. The zero-order valence-corrected chi connectivity index (χ0v) is 15.2. The van der Waals surface area contributed by atoms with Crippen molar-refractivity contribution < 1.29 is 28.6 Å². The fourth-order valence-electron chi connectivity index (χ4n) is 2.69. The van der Waals surface area contributed by atoms with Crippen molar-refractivity contribution in [2.24, 2.45) is 5.92 Å². The minimum Gasteiger partial charge on any atom is -0.460 e. The molecule has 1 aromatic heterocycles. The highest BCUT2D eigenvalue weighted by atomic mass is 35.5. The lowest BCUT2D eigenvalue weighted by molar-refractivity contribution is -0.154. The summed E-state index contributed by atoms with van der Waals surface area (Å²) in [4.78, 5) is 41.3. The monoisotopic (exact) mass is 389 g/mol. The average molecular weight is 390 g/mol. The molecule has 0 amide bonds. The molecule has 0 spiro atoms. The molecule has 0 bridgehead atoms. The zero-order chi connectivity index (χ0) is 19.4. The number of pyridine rings is 1. The van der Waals surface area contributed by atoms with Crippen LogP contribution in [0.2, 0.25) is 5.02 Å². The molecule has 0 saturated heterocycles. The van der Waals surface area contributed by atoms with Gasteiger partial charge in [0, 0.05) is 29.0 Å². The Morgan fingerprint density at radius 2 is 2.00 bits per heavy atom. The number of carbonyl (C=O) groups is 3. The van der Waals surface area contributed by atoms with E-state index in [1.54, 1.807) is 25.1 Å². The van der Waals surface area contributed by atoms with Gasteiger partial charge in [-0.25, -0.2) is 4.79 Å². The number of halogens is 1. The summed E-state index contributed by atoms with van der Waals surface area (Å²) in [6, 6.07) is 6.26. The molecule has 0 radical (unpaired) electrons. The summed E-state index contributed by atoms with van der Waals surface area (Å²) < 4.78 is 15.3. The van der Waals surface area contributed by atoms with Gasteiger partial charge in [0.25, 0.3) is 5.78 Å². The van der Waals surface area contributed by atoms with Crippen LogP contribution in [0.25, 0.3) is 0 Å². The van der Waals surface area contributed by atoms with Crippen LogP contribution in [-0.2, 0) is 20.7 Å². The Balaban J connectivity index is 1.94. The maximum absolute atomic E-state index is 12.9. The van der Waals surface area contributed by atoms with E-state index in [1.165, 1.54) is 18.5 Å². The number of carbonyl (C=O) groups excluding carboxylic acids is 3. The van der Waals surface area contributed by atoms with Gasteiger partial charge < -0.3 is 14.2 Å². The fraction of sp³-hybridized carbons (Fsp3) is 0.263. The van der Waals surface area contributed by atoms with Crippen LogP contribution >= 0.6 is 11.6 Å². The minimum absolute atomic E-state index is 0.0309. The fourth-order valence-corrected chi connectivity index (χ4v) is 2.93. The van der Waals surface area contributed by atoms with Crippen molar-refractivity contribution in [3.05, 3.63) is 52.8 Å². The number of ether oxygens (including phenoxy) is 3. The summed E-state index contributed by atoms with van der Waals surface area (Å²) in [5, 5.41) is 0.305. The normalized spacial score (nSPS) is 13.1. The molecule has 7 nitrogen and oxygen atoms in total. The second-order valence-corrected chi connectivity index (χ2v) is 6.15. The molecule has 8 heteroatoms. The van der Waals surface area contributed by atoms with Gasteiger partial charge in [0.05, 0.1) is 12.5 Å². The number of ketones is 2. The van der Waals surface area contributed by atoms with E-state index in [-0.39, 0.29) is 25.4 Å². The van der Waals surface area contributed by atoms with E-state index in [2.05, 4.69) is 4.98 Å². The second kappa shape index (κ2) is 8.18. The Labute approximate surface area is 160 Å². The number of hydrogen-bond donors (Lipinski definition) is 0. The van der Waals surface area contributed by atoms with Crippen molar-refractivity contribution in [3.63, 3.8) is 0 Å². The van der Waals surface area contributed by atoms with Gasteiger partial charge in [0.15, 0.2) is 17.3 Å². The van der Waals surface area contributed by atoms with E-state index in [9.17, 15) is 14.4 Å². The third-order valence-corrected chi connectivity index (χ3v) is 4.37. The van der Waals surface area contributed by atoms with Crippen molar-refractivity contribution in [2.75, 3.05) is 13.4 Å². The number of benzene rings is 1. The number of fused-ring (bicyclic) bond motifs is 1. The zero-order valence-electron chi connectivity index (χ0n) is 14.4. The standard InChI is InChI=1S/C19H16ClNO6/c1-2-25-19(24)18(23)13(17(22)11-4-3-5-21-9-11)6-12-7-15-16(8-14(12)20)27-10-26-15/h3-5,7-9,13H,2,6,10H2,1H3. The molecule has 1 unspecified atom stereocenters. The molecule has 1 aromatic carbocycles. The van der Waals surface area contributed by atoms with E-state index in [0.29, 0.717) is 22.1 Å². The van der Waals surface area contributed by atoms with Gasteiger partial charge in [-0.2, -0.15) is 0 Å². The lowest BCUT2D eigenvalue weighted by atomic mass is 9.88. The van der Waals surface area contributed by atoms with Gasteiger partial charge in [-0.15, -0.1) is 0 Å². The van der Waals surface area contributed by atoms with Gasteiger partial charge in [-0.1, -0.05) is 11.6 Å². The van der Waals surface area contributed by atoms with E-state index in [0.717, 1.165) is 0 Å². The average Bonchev–Trinajstić information content (AvgIpc) is 3.13. The first kappa shape index (κ1) is 18.8. The molecule has 1 atom stereocenters. The molecule has 2 heterocycles. The Morgan fingerprint density at radius 3 is 2.67 bits per heavy atom. The van der Waals surface area contributed by atoms with Crippen LogP contribution in [0, 0.1) is 5.92 Å². The molecule has 0 fully saturated rings. The third-order valence-electron chi connectivity index (χ3n) is 4.02. The highest BCUT2D eigenvalue weighted by Crippen LogP contribution is 2.37. The van der Waals surface area contributed by atoms with E-state index in [1.807, 2.05) is 0 Å². The van der Waals surface area contributed by atoms with Crippen LogP contribution in [0.4, 0.5) is 0 Å². The molecule has 0 saturated carbocycles. The van der Waals surface area contributed by atoms with Crippen LogP contribution in [0.5, 0.6) is 11.5 Å². The summed E-state index contributed by atoms with van der Waals surface area (Å²) in [6.45, 7) is 1.68. The summed E-state index contributed by atoms with van der Waals surface area (Å²) >= 11 is 6.26. The number of hydrogen-bond acceptors (Lipinski definition) is 7. The Bertz CT molecular complexity index is 883. The molecule has 140 valence electrons. The molecule has 1 aliphatic heterocycles. The molecular weight excluding hydrogens is 374 g/mol. The van der Waals surface area contributed by atoms with E-state index in [4.69, 9.17) is 25.8 Å². The highest BCUT2D eigenvalue weighted by Gasteiger charge is 2.34. The number of aromatic nitrogens is 1. The lowest BCUT2D eigenvalue weighted by Gasteiger charge is -2.15. The smallest absolute Gasteiger partial charge is 0.375 e. The lowest BCUT2D eigenvalue weighted by Crippen LogP contribution is -2.33. The number of rotatable bonds is 7. The maximum atomic E-state index is 12.9. The quantitative estimate of drug-likeness (QED) is 0.311. The molecule has 0 aliphatic carbocycles. The van der Waals surface area contributed by atoms with Gasteiger partial charge in [-0.3, -0.25) is 14.6 Å². The Hall–Kier alpha value is -2.93. The summed E-state index contributed by atoms with van der Waals surface area (Å²) in [5.41, 5.74) is 0.706. The van der Waals surface area contributed by atoms with Crippen LogP contribution in [0.15, 0.2) is 36.7 Å². The van der Waals surface area contributed by atoms with Crippen molar-refractivity contribution in [2.45, 2.75) is 13.3 Å². The van der Waals surface area contributed by atoms with Crippen LogP contribution in [-0.4, -0.2) is 35.9 Å². The predicted molar refractivity (Wildman–Crippen MR) is 95.0 cm³/mol. The van der Waals surface area contributed by atoms with E-state index >= 15 is 0 Å². The molecular formula is C19H16ClNO6. The molecule has 3 rings (SSSR count). The number of Topliss-reactive ketones (excluding diaryl/α,β-unsaturated/α-hetero) is 2.